The Morgan fingerprint density at radius 3 is 2.29 bits per heavy atom. The van der Waals surface area contributed by atoms with Gasteiger partial charge in [0.15, 0.2) is 0 Å². The van der Waals surface area contributed by atoms with Crippen molar-refractivity contribution >= 4 is 16.9 Å². The maximum absolute atomic E-state index is 14.2. The van der Waals surface area contributed by atoms with Crippen molar-refractivity contribution < 1.29 is 14.3 Å². The van der Waals surface area contributed by atoms with Gasteiger partial charge in [0.25, 0.3) is 0 Å². The normalized spacial score (nSPS) is 21.7. The molecule has 0 aliphatic carbocycles. The summed E-state index contributed by atoms with van der Waals surface area (Å²) >= 11 is 0. The maximum Gasteiger partial charge on any atom is 0.318 e. The Bertz CT molecular complexity index is 1400. The van der Waals surface area contributed by atoms with Gasteiger partial charge in [0.05, 0.1) is 5.52 Å². The van der Waals surface area contributed by atoms with E-state index in [0.717, 1.165) is 53.4 Å². The molecule has 0 saturated carbocycles. The van der Waals surface area contributed by atoms with E-state index in [2.05, 4.69) is 30.2 Å². The number of aromatic nitrogens is 1. The summed E-state index contributed by atoms with van der Waals surface area (Å²) in [5, 5.41) is 4.79. The molecule has 3 aromatic carbocycles. The second-order valence-electron chi connectivity index (χ2n) is 10.5. The fraction of sp³-hybridized carbons (Fsp3) is 0.333. The average molecular weight is 507 g/mol. The van der Waals surface area contributed by atoms with Gasteiger partial charge in [-0.3, -0.25) is 9.78 Å². The smallest absolute Gasteiger partial charge is 0.318 e. The highest BCUT2D eigenvalue weighted by molar-refractivity contribution is 5.87. The number of carbonyl (C=O) groups excluding carboxylic acids is 1. The van der Waals surface area contributed by atoms with Crippen LogP contribution < -0.4 is 10.1 Å². The average Bonchev–Trinajstić information content (AvgIpc) is 2.98. The molecule has 5 heteroatoms. The van der Waals surface area contributed by atoms with Crippen LogP contribution in [0.3, 0.4) is 0 Å². The van der Waals surface area contributed by atoms with Gasteiger partial charge in [0.2, 0.25) is 0 Å². The lowest BCUT2D eigenvalue weighted by molar-refractivity contribution is -0.153. The third-order valence-corrected chi connectivity index (χ3v) is 8.43. The minimum atomic E-state index is -0.555. The van der Waals surface area contributed by atoms with E-state index >= 15 is 0 Å². The minimum absolute atomic E-state index is 0.0165. The molecule has 194 valence electrons. The Morgan fingerprint density at radius 1 is 0.921 bits per heavy atom. The lowest BCUT2D eigenvalue weighted by Crippen LogP contribution is -2.47. The van der Waals surface area contributed by atoms with Gasteiger partial charge < -0.3 is 14.8 Å². The lowest BCUT2D eigenvalue weighted by Gasteiger charge is -2.40. The van der Waals surface area contributed by atoms with E-state index in [4.69, 9.17) is 9.47 Å². The number of fused-ring (bicyclic) bond motifs is 3. The van der Waals surface area contributed by atoms with Crippen molar-refractivity contribution in [1.82, 2.24) is 10.3 Å². The van der Waals surface area contributed by atoms with Crippen LogP contribution in [0.5, 0.6) is 11.5 Å². The summed E-state index contributed by atoms with van der Waals surface area (Å²) in [6.45, 7) is 5.47. The van der Waals surface area contributed by atoms with Crippen LogP contribution in [0.2, 0.25) is 0 Å². The third-order valence-electron chi connectivity index (χ3n) is 8.43. The predicted octanol–water partition coefficient (Wildman–Crippen LogP) is 7.17. The van der Waals surface area contributed by atoms with Gasteiger partial charge in [0, 0.05) is 34.3 Å². The van der Waals surface area contributed by atoms with Crippen molar-refractivity contribution in [2.24, 2.45) is 11.8 Å². The van der Waals surface area contributed by atoms with E-state index < -0.39 is 12.0 Å². The van der Waals surface area contributed by atoms with Crippen LogP contribution in [0.4, 0.5) is 0 Å². The Kier molecular flexibility index (Phi) is 6.86. The fourth-order valence-electron chi connectivity index (χ4n) is 6.37. The molecule has 1 N–H and O–H groups in total. The Balaban J connectivity index is 1.41. The van der Waals surface area contributed by atoms with E-state index in [0.29, 0.717) is 23.3 Å². The summed E-state index contributed by atoms with van der Waals surface area (Å²) in [7, 11) is 0. The summed E-state index contributed by atoms with van der Waals surface area (Å²) in [4.78, 5) is 18.8. The summed E-state index contributed by atoms with van der Waals surface area (Å²) in [6, 6.07) is 25.7. The largest absolute Gasteiger partial charge is 0.457 e. The number of hydrogen-bond donors (Lipinski definition) is 1. The Morgan fingerprint density at radius 2 is 1.58 bits per heavy atom. The molecule has 0 unspecified atom stereocenters. The van der Waals surface area contributed by atoms with Gasteiger partial charge in [0.1, 0.15) is 23.5 Å². The van der Waals surface area contributed by atoms with Crippen LogP contribution in [-0.2, 0) is 9.53 Å². The highest BCUT2D eigenvalue weighted by atomic mass is 16.5. The maximum atomic E-state index is 14.2. The summed E-state index contributed by atoms with van der Waals surface area (Å²) < 4.78 is 12.8. The molecular formula is C33H34N2O3. The van der Waals surface area contributed by atoms with Gasteiger partial charge in [-0.05, 0) is 49.1 Å². The minimum Gasteiger partial charge on any atom is -0.457 e. The number of ether oxygens (including phenoxy) is 2. The molecule has 0 amide bonds. The molecule has 2 aliphatic heterocycles. The first kappa shape index (κ1) is 24.6. The summed E-state index contributed by atoms with van der Waals surface area (Å²) in [5.41, 5.74) is 3.58. The molecule has 6 rings (SSSR count). The van der Waals surface area contributed by atoms with Gasteiger partial charge >= 0.3 is 5.97 Å². The van der Waals surface area contributed by atoms with Gasteiger partial charge in [-0.2, -0.15) is 0 Å². The van der Waals surface area contributed by atoms with E-state index in [9.17, 15) is 4.79 Å². The first-order valence-electron chi connectivity index (χ1n) is 13.8. The number of hydrogen-bond acceptors (Lipinski definition) is 5. The molecule has 4 aromatic rings. The molecule has 1 aromatic heterocycles. The zero-order valence-electron chi connectivity index (χ0n) is 22.0. The number of nitrogens with zero attached hydrogens (tertiary/aromatic N) is 1. The number of para-hydroxylation sites is 3. The first-order chi connectivity index (χ1) is 18.7. The zero-order valence-corrected chi connectivity index (χ0v) is 22.0. The number of piperidine rings is 1. The van der Waals surface area contributed by atoms with Crippen molar-refractivity contribution in [3.05, 3.63) is 102 Å². The number of esters is 1. The molecule has 3 heterocycles. The fourth-order valence-corrected chi connectivity index (χ4v) is 6.37. The van der Waals surface area contributed by atoms with Crippen LogP contribution in [0.25, 0.3) is 10.9 Å². The third kappa shape index (κ3) is 4.45. The predicted molar refractivity (Wildman–Crippen MR) is 149 cm³/mol. The number of nitrogens with one attached hydrogen (secondary N) is 1. The highest BCUT2D eigenvalue weighted by Gasteiger charge is 2.39. The van der Waals surface area contributed by atoms with Crippen molar-refractivity contribution in [1.29, 1.82) is 0 Å². The number of carbonyl (C=O) groups is 1. The SMILES string of the molecule is CC[C@H]1CN[C@@H]([C@@H](OC(=O)C2c3ccccc3Oc3ccccc32)c2ccnc3ccccc23)C[C@@H]1CC. The first-order valence-corrected chi connectivity index (χ1v) is 13.8. The summed E-state index contributed by atoms with van der Waals surface area (Å²) in [5.74, 6) is 1.81. The topological polar surface area (TPSA) is 60.5 Å². The van der Waals surface area contributed by atoms with Crippen LogP contribution in [0, 0.1) is 11.8 Å². The molecule has 0 radical (unpaired) electrons. The quantitative estimate of drug-likeness (QED) is 0.281. The second kappa shape index (κ2) is 10.6. The van der Waals surface area contributed by atoms with Crippen LogP contribution in [0.1, 0.15) is 61.8 Å². The Labute approximate surface area is 224 Å². The molecular weight excluding hydrogens is 472 g/mol. The van der Waals surface area contributed by atoms with Crippen LogP contribution in [-0.4, -0.2) is 23.5 Å². The van der Waals surface area contributed by atoms with Crippen LogP contribution in [0.15, 0.2) is 85.1 Å². The Hall–Kier alpha value is -3.70. The van der Waals surface area contributed by atoms with Gasteiger partial charge in [-0.15, -0.1) is 0 Å². The number of benzene rings is 3. The molecule has 4 atom stereocenters. The van der Waals surface area contributed by atoms with Gasteiger partial charge in [-0.1, -0.05) is 81.3 Å². The van der Waals surface area contributed by atoms with Crippen LogP contribution >= 0.6 is 0 Å². The molecule has 2 aliphatic rings. The van der Waals surface area contributed by atoms with Crippen molar-refractivity contribution in [3.8, 4) is 11.5 Å². The van der Waals surface area contributed by atoms with Gasteiger partial charge in [-0.25, -0.2) is 0 Å². The molecule has 1 saturated heterocycles. The molecule has 5 nitrogen and oxygen atoms in total. The monoisotopic (exact) mass is 506 g/mol. The van der Waals surface area contributed by atoms with E-state index in [1.807, 2.05) is 79.0 Å². The van der Waals surface area contributed by atoms with E-state index in [1.165, 1.54) is 0 Å². The number of rotatable bonds is 6. The van der Waals surface area contributed by atoms with E-state index in [1.54, 1.807) is 0 Å². The van der Waals surface area contributed by atoms with Crippen molar-refractivity contribution in [2.75, 3.05) is 6.54 Å². The number of pyridine rings is 1. The summed E-state index contributed by atoms with van der Waals surface area (Å²) in [6.07, 6.45) is 4.62. The zero-order chi connectivity index (χ0) is 26.1. The highest BCUT2D eigenvalue weighted by Crippen LogP contribution is 2.46. The lowest BCUT2D eigenvalue weighted by atomic mass is 9.77. The second-order valence-corrected chi connectivity index (χ2v) is 10.5. The molecule has 0 spiro atoms. The molecule has 1 fully saturated rings. The van der Waals surface area contributed by atoms with Crippen molar-refractivity contribution in [2.45, 2.75) is 51.2 Å². The standard InChI is InChI=1S/C33H34N2O3/c1-3-21-19-28(35-20-22(21)4-2)32(24-17-18-34-27-14-8-5-11-23(24)27)38-33(36)31-25-12-6-9-15-29(25)37-30-16-10-7-13-26(30)31/h5-18,21-22,28,31-32,35H,3-4,19-20H2,1-2H3/t21-,22-,28+,32-/m0/s1. The molecule has 0 bridgehead atoms. The van der Waals surface area contributed by atoms with E-state index in [-0.39, 0.29) is 12.0 Å². The molecule has 38 heavy (non-hydrogen) atoms. The van der Waals surface area contributed by atoms with Crippen molar-refractivity contribution in [3.63, 3.8) is 0 Å².